The number of sulfone groups is 1. The fraction of sp³-hybridized carbons (Fsp3) is 0.846. The van der Waals surface area contributed by atoms with Gasteiger partial charge in [-0.1, -0.05) is 13.8 Å². The lowest BCUT2D eigenvalue weighted by molar-refractivity contribution is -0.145. The quantitative estimate of drug-likeness (QED) is 0.427. The van der Waals surface area contributed by atoms with Crippen LogP contribution in [0.25, 0.3) is 0 Å². The average molecular weight is 319 g/mol. The Morgan fingerprint density at radius 2 is 2.10 bits per heavy atom. The van der Waals surface area contributed by atoms with Gasteiger partial charge in [-0.2, -0.15) is 0 Å². The van der Waals surface area contributed by atoms with E-state index in [1.165, 1.54) is 7.11 Å². The fourth-order valence-corrected chi connectivity index (χ4v) is 3.09. The predicted molar refractivity (Wildman–Crippen MR) is 81.9 cm³/mol. The number of aliphatic imine (C=N–C) groups is 1. The van der Waals surface area contributed by atoms with Crippen molar-refractivity contribution in [1.29, 1.82) is 0 Å². The molecule has 122 valence electrons. The SMILES string of the molecule is CCS(=O)(=O)CCNC(=NC)N1CC(C)C(C(=O)OC)C1. The number of guanidine groups is 1. The van der Waals surface area contributed by atoms with Crippen LogP contribution < -0.4 is 5.32 Å². The predicted octanol–water partition coefficient (Wildman–Crippen LogP) is -0.263. The first-order chi connectivity index (χ1) is 9.84. The minimum Gasteiger partial charge on any atom is -0.469 e. The van der Waals surface area contributed by atoms with Gasteiger partial charge in [-0.3, -0.25) is 9.79 Å². The molecule has 0 spiro atoms. The minimum absolute atomic E-state index is 0.0757. The number of ether oxygens (including phenoxy) is 1. The van der Waals surface area contributed by atoms with Crippen LogP contribution in [-0.4, -0.2) is 70.5 Å². The van der Waals surface area contributed by atoms with Crippen LogP contribution in [0.15, 0.2) is 4.99 Å². The summed E-state index contributed by atoms with van der Waals surface area (Å²) in [5, 5.41) is 3.04. The van der Waals surface area contributed by atoms with E-state index < -0.39 is 9.84 Å². The molecule has 0 radical (unpaired) electrons. The highest BCUT2D eigenvalue weighted by atomic mass is 32.2. The molecule has 2 atom stereocenters. The number of esters is 1. The van der Waals surface area contributed by atoms with Crippen LogP contribution in [0.2, 0.25) is 0 Å². The third-order valence-corrected chi connectivity index (χ3v) is 5.47. The van der Waals surface area contributed by atoms with E-state index >= 15 is 0 Å². The van der Waals surface area contributed by atoms with Crippen LogP contribution in [0, 0.1) is 11.8 Å². The molecular formula is C13H25N3O4S. The zero-order chi connectivity index (χ0) is 16.0. The van der Waals surface area contributed by atoms with Gasteiger partial charge in [-0.15, -0.1) is 0 Å². The number of carbonyl (C=O) groups excluding carboxylic acids is 1. The molecule has 0 saturated carbocycles. The average Bonchev–Trinajstić information content (AvgIpc) is 2.84. The summed E-state index contributed by atoms with van der Waals surface area (Å²) in [6.45, 7) is 5.17. The van der Waals surface area contributed by atoms with Crippen molar-refractivity contribution < 1.29 is 17.9 Å². The van der Waals surface area contributed by atoms with Gasteiger partial charge < -0.3 is 15.0 Å². The number of nitrogens with zero attached hydrogens (tertiary/aromatic N) is 2. The molecule has 0 aliphatic carbocycles. The first-order valence-corrected chi connectivity index (χ1v) is 8.90. The molecule has 8 heteroatoms. The van der Waals surface area contributed by atoms with Crippen molar-refractivity contribution in [3.05, 3.63) is 0 Å². The van der Waals surface area contributed by atoms with E-state index in [0.29, 0.717) is 25.6 Å². The standard InChI is InChI=1S/C13H25N3O4S/c1-5-21(18,19)7-6-15-13(14-3)16-8-10(2)11(9-16)12(17)20-4/h10-11H,5-9H2,1-4H3,(H,14,15). The number of methoxy groups -OCH3 is 1. The molecule has 7 nitrogen and oxygen atoms in total. The fourth-order valence-electron chi connectivity index (χ4n) is 2.39. The summed E-state index contributed by atoms with van der Waals surface area (Å²) in [5.74, 6) is 0.627. The van der Waals surface area contributed by atoms with E-state index in [1.807, 2.05) is 11.8 Å². The third-order valence-electron chi connectivity index (χ3n) is 3.76. The highest BCUT2D eigenvalue weighted by molar-refractivity contribution is 7.91. The summed E-state index contributed by atoms with van der Waals surface area (Å²) in [6.07, 6.45) is 0. The molecule has 1 aliphatic rings. The van der Waals surface area contributed by atoms with Gasteiger partial charge in [0.15, 0.2) is 15.8 Å². The molecule has 1 rings (SSSR count). The molecule has 1 aliphatic heterocycles. The Balaban J connectivity index is 2.57. The summed E-state index contributed by atoms with van der Waals surface area (Å²) < 4.78 is 27.7. The van der Waals surface area contributed by atoms with Crippen LogP contribution >= 0.6 is 0 Å². The molecule has 1 N–H and O–H groups in total. The van der Waals surface area contributed by atoms with Crippen molar-refractivity contribution in [3.8, 4) is 0 Å². The molecule has 1 fully saturated rings. The highest BCUT2D eigenvalue weighted by Gasteiger charge is 2.36. The summed E-state index contributed by atoms with van der Waals surface area (Å²) >= 11 is 0. The van der Waals surface area contributed by atoms with Gasteiger partial charge in [0, 0.05) is 32.4 Å². The Bertz CT molecular complexity index is 490. The molecule has 0 aromatic carbocycles. The summed E-state index contributed by atoms with van der Waals surface area (Å²) in [5.41, 5.74) is 0. The second-order valence-corrected chi connectivity index (χ2v) is 7.70. The minimum atomic E-state index is -3.00. The normalized spacial score (nSPS) is 23.2. The molecule has 0 aromatic heterocycles. The van der Waals surface area contributed by atoms with Gasteiger partial charge in [0.1, 0.15) is 0 Å². The van der Waals surface area contributed by atoms with E-state index in [2.05, 4.69) is 10.3 Å². The topological polar surface area (TPSA) is 88.1 Å². The van der Waals surface area contributed by atoms with E-state index in [9.17, 15) is 13.2 Å². The van der Waals surface area contributed by atoms with Crippen molar-refractivity contribution in [1.82, 2.24) is 10.2 Å². The molecular weight excluding hydrogens is 294 g/mol. The zero-order valence-electron chi connectivity index (χ0n) is 13.1. The Kier molecular flexibility index (Phi) is 6.44. The lowest BCUT2D eigenvalue weighted by Gasteiger charge is -2.21. The number of likely N-dealkylation sites (tertiary alicyclic amines) is 1. The third kappa shape index (κ3) is 4.87. The number of rotatable bonds is 5. The first-order valence-electron chi connectivity index (χ1n) is 7.08. The maximum atomic E-state index is 11.7. The second kappa shape index (κ2) is 7.63. The molecule has 1 heterocycles. The van der Waals surface area contributed by atoms with Crippen LogP contribution in [0.5, 0.6) is 0 Å². The molecule has 0 bridgehead atoms. The Hall–Kier alpha value is -1.31. The van der Waals surface area contributed by atoms with E-state index in [1.54, 1.807) is 14.0 Å². The zero-order valence-corrected chi connectivity index (χ0v) is 13.9. The Labute approximate surface area is 126 Å². The number of hydrogen-bond donors (Lipinski definition) is 1. The lowest BCUT2D eigenvalue weighted by Crippen LogP contribution is -2.42. The van der Waals surface area contributed by atoms with Gasteiger partial charge in [0.25, 0.3) is 0 Å². The second-order valence-electron chi connectivity index (χ2n) is 5.22. The van der Waals surface area contributed by atoms with Gasteiger partial charge in [0.2, 0.25) is 0 Å². The van der Waals surface area contributed by atoms with Gasteiger partial charge >= 0.3 is 5.97 Å². The highest BCUT2D eigenvalue weighted by Crippen LogP contribution is 2.23. The smallest absolute Gasteiger partial charge is 0.310 e. The molecule has 2 unspecified atom stereocenters. The van der Waals surface area contributed by atoms with E-state index in [0.717, 1.165) is 0 Å². The largest absolute Gasteiger partial charge is 0.469 e. The van der Waals surface area contributed by atoms with Crippen LogP contribution in [0.3, 0.4) is 0 Å². The van der Waals surface area contributed by atoms with Crippen molar-refractivity contribution in [2.24, 2.45) is 16.8 Å². The van der Waals surface area contributed by atoms with Crippen molar-refractivity contribution in [2.75, 3.05) is 45.3 Å². The van der Waals surface area contributed by atoms with E-state index in [4.69, 9.17) is 4.74 Å². The molecule has 21 heavy (non-hydrogen) atoms. The molecule has 0 amide bonds. The summed E-state index contributed by atoms with van der Waals surface area (Å²) in [6, 6.07) is 0. The Morgan fingerprint density at radius 3 is 2.62 bits per heavy atom. The van der Waals surface area contributed by atoms with Gasteiger partial charge in [-0.25, -0.2) is 8.42 Å². The van der Waals surface area contributed by atoms with Gasteiger partial charge in [0.05, 0.1) is 18.8 Å². The van der Waals surface area contributed by atoms with Crippen molar-refractivity contribution in [3.63, 3.8) is 0 Å². The van der Waals surface area contributed by atoms with Crippen LogP contribution in [-0.2, 0) is 19.4 Å². The summed E-state index contributed by atoms with van der Waals surface area (Å²) in [7, 11) is 0.0389. The molecule has 1 saturated heterocycles. The molecule has 0 aromatic rings. The first kappa shape index (κ1) is 17.7. The van der Waals surface area contributed by atoms with Crippen molar-refractivity contribution in [2.45, 2.75) is 13.8 Å². The van der Waals surface area contributed by atoms with Crippen molar-refractivity contribution >= 4 is 21.8 Å². The Morgan fingerprint density at radius 1 is 1.43 bits per heavy atom. The number of hydrogen-bond acceptors (Lipinski definition) is 5. The lowest BCUT2D eigenvalue weighted by atomic mass is 9.99. The summed E-state index contributed by atoms with van der Waals surface area (Å²) in [4.78, 5) is 17.8. The number of carbonyl (C=O) groups is 1. The maximum absolute atomic E-state index is 11.7. The number of nitrogens with one attached hydrogen (secondary N) is 1. The van der Waals surface area contributed by atoms with E-state index in [-0.39, 0.29) is 29.3 Å². The van der Waals surface area contributed by atoms with Crippen LogP contribution in [0.1, 0.15) is 13.8 Å². The monoisotopic (exact) mass is 319 g/mol. The maximum Gasteiger partial charge on any atom is 0.310 e. The van der Waals surface area contributed by atoms with Crippen LogP contribution in [0.4, 0.5) is 0 Å². The van der Waals surface area contributed by atoms with Gasteiger partial charge in [-0.05, 0) is 5.92 Å².